The molecule has 112 valence electrons. The lowest BCUT2D eigenvalue weighted by atomic mass is 10.0. The molecule has 0 aliphatic heterocycles. The first-order valence-electron chi connectivity index (χ1n) is 7.02. The summed E-state index contributed by atoms with van der Waals surface area (Å²) in [6.45, 7) is 4.07. The van der Waals surface area contributed by atoms with Gasteiger partial charge in [0, 0.05) is 16.3 Å². The van der Waals surface area contributed by atoms with E-state index < -0.39 is 5.82 Å². The van der Waals surface area contributed by atoms with Crippen molar-refractivity contribution in [3.8, 4) is 0 Å². The minimum Gasteiger partial charge on any atom is -0.378 e. The minimum atomic E-state index is -0.452. The van der Waals surface area contributed by atoms with Crippen LogP contribution in [0.15, 0.2) is 36.4 Å². The Bertz CT molecular complexity index is 628. The van der Waals surface area contributed by atoms with Gasteiger partial charge in [-0.2, -0.15) is 0 Å². The monoisotopic (exact) mass is 325 g/mol. The van der Waals surface area contributed by atoms with E-state index in [0.29, 0.717) is 10.6 Å². The molecule has 1 unspecified atom stereocenters. The molecular weight excluding hydrogens is 308 g/mol. The molecule has 2 aromatic rings. The smallest absolute Gasteiger partial charge is 0.142 e. The first-order chi connectivity index (χ1) is 10.0. The number of aryl methyl sites for hydroxylation is 1. The zero-order valence-corrected chi connectivity index (χ0v) is 13.6. The SMILES string of the molecule is CCCc1ccccc1NC(C)c1c(Cl)ccc(F)c1Cl. The van der Waals surface area contributed by atoms with Gasteiger partial charge in [0.05, 0.1) is 11.1 Å². The van der Waals surface area contributed by atoms with Gasteiger partial charge in [-0.15, -0.1) is 0 Å². The average molecular weight is 326 g/mol. The number of para-hydroxylation sites is 1. The summed E-state index contributed by atoms with van der Waals surface area (Å²) in [6.07, 6.45) is 2.05. The van der Waals surface area contributed by atoms with Gasteiger partial charge in [-0.1, -0.05) is 54.7 Å². The van der Waals surface area contributed by atoms with E-state index in [2.05, 4.69) is 18.3 Å². The zero-order valence-electron chi connectivity index (χ0n) is 12.1. The van der Waals surface area contributed by atoms with Crippen LogP contribution < -0.4 is 5.32 Å². The Morgan fingerprint density at radius 2 is 1.86 bits per heavy atom. The molecule has 1 nitrogen and oxygen atoms in total. The fourth-order valence-corrected chi connectivity index (χ4v) is 3.09. The van der Waals surface area contributed by atoms with Crippen LogP contribution in [0.25, 0.3) is 0 Å². The topological polar surface area (TPSA) is 12.0 Å². The van der Waals surface area contributed by atoms with Crippen molar-refractivity contribution in [2.75, 3.05) is 5.32 Å². The number of nitrogens with one attached hydrogen (secondary N) is 1. The van der Waals surface area contributed by atoms with Gasteiger partial charge in [0.15, 0.2) is 0 Å². The lowest BCUT2D eigenvalue weighted by molar-refractivity contribution is 0.624. The van der Waals surface area contributed by atoms with Gasteiger partial charge in [-0.25, -0.2) is 4.39 Å². The molecule has 0 heterocycles. The van der Waals surface area contributed by atoms with E-state index in [4.69, 9.17) is 23.2 Å². The highest BCUT2D eigenvalue weighted by Crippen LogP contribution is 2.34. The predicted octanol–water partition coefficient (Wildman–Crippen LogP) is 6.26. The highest BCUT2D eigenvalue weighted by atomic mass is 35.5. The van der Waals surface area contributed by atoms with Crippen LogP contribution in [0.1, 0.15) is 37.4 Å². The van der Waals surface area contributed by atoms with Gasteiger partial charge in [0.2, 0.25) is 0 Å². The van der Waals surface area contributed by atoms with Gasteiger partial charge in [0.25, 0.3) is 0 Å². The van der Waals surface area contributed by atoms with Gasteiger partial charge in [-0.05, 0) is 37.1 Å². The van der Waals surface area contributed by atoms with Gasteiger partial charge >= 0.3 is 0 Å². The molecule has 4 heteroatoms. The number of hydrogen-bond donors (Lipinski definition) is 1. The number of hydrogen-bond acceptors (Lipinski definition) is 1. The van der Waals surface area contributed by atoms with Crippen LogP contribution in [-0.4, -0.2) is 0 Å². The Morgan fingerprint density at radius 1 is 1.14 bits per heavy atom. The maximum absolute atomic E-state index is 13.6. The van der Waals surface area contributed by atoms with E-state index in [9.17, 15) is 4.39 Å². The zero-order chi connectivity index (χ0) is 15.4. The molecular formula is C17H18Cl2FN. The van der Waals surface area contributed by atoms with Crippen molar-refractivity contribution < 1.29 is 4.39 Å². The number of anilines is 1. The van der Waals surface area contributed by atoms with E-state index in [-0.39, 0.29) is 11.1 Å². The van der Waals surface area contributed by atoms with Crippen LogP contribution in [0.5, 0.6) is 0 Å². The van der Waals surface area contributed by atoms with Crippen LogP contribution >= 0.6 is 23.2 Å². The van der Waals surface area contributed by atoms with E-state index in [0.717, 1.165) is 18.5 Å². The summed E-state index contributed by atoms with van der Waals surface area (Å²) in [5.74, 6) is -0.452. The second-order valence-corrected chi connectivity index (χ2v) is 5.82. The molecule has 0 bridgehead atoms. The Kier molecular flexibility index (Phi) is 5.49. The third-order valence-corrected chi connectivity index (χ3v) is 4.13. The van der Waals surface area contributed by atoms with Crippen molar-refractivity contribution in [3.63, 3.8) is 0 Å². The Hall–Kier alpha value is -1.25. The second-order valence-electron chi connectivity index (χ2n) is 5.03. The molecule has 0 aliphatic carbocycles. The maximum Gasteiger partial charge on any atom is 0.142 e. The highest BCUT2D eigenvalue weighted by Gasteiger charge is 2.17. The normalized spacial score (nSPS) is 12.2. The standard InChI is InChI=1S/C17H18Cl2FN/c1-3-6-12-7-4-5-8-15(12)21-11(2)16-13(18)9-10-14(20)17(16)19/h4-5,7-11,21H,3,6H2,1-2H3. The third-order valence-electron chi connectivity index (χ3n) is 3.42. The summed E-state index contributed by atoms with van der Waals surface area (Å²) in [5, 5.41) is 3.93. The van der Waals surface area contributed by atoms with Crippen molar-refractivity contribution in [1.82, 2.24) is 0 Å². The van der Waals surface area contributed by atoms with Crippen molar-refractivity contribution in [1.29, 1.82) is 0 Å². The molecule has 2 aromatic carbocycles. The van der Waals surface area contributed by atoms with Crippen molar-refractivity contribution in [2.45, 2.75) is 32.7 Å². The molecule has 1 N–H and O–H groups in total. The van der Waals surface area contributed by atoms with Crippen LogP contribution in [0.4, 0.5) is 10.1 Å². The Balaban J connectivity index is 2.31. The van der Waals surface area contributed by atoms with Crippen LogP contribution in [0, 0.1) is 5.82 Å². The summed E-state index contributed by atoms with van der Waals surface area (Å²) >= 11 is 12.2. The molecule has 2 rings (SSSR count). The molecule has 0 amide bonds. The Labute approximate surface area is 135 Å². The number of benzene rings is 2. The first kappa shape index (κ1) is 16.1. The van der Waals surface area contributed by atoms with E-state index >= 15 is 0 Å². The average Bonchev–Trinajstić information content (AvgIpc) is 2.46. The fourth-order valence-electron chi connectivity index (χ4n) is 2.39. The summed E-state index contributed by atoms with van der Waals surface area (Å²) in [5.41, 5.74) is 2.85. The van der Waals surface area contributed by atoms with Crippen LogP contribution in [-0.2, 0) is 6.42 Å². The van der Waals surface area contributed by atoms with Crippen molar-refractivity contribution in [2.24, 2.45) is 0 Å². The summed E-state index contributed by atoms with van der Waals surface area (Å²) < 4.78 is 13.6. The minimum absolute atomic E-state index is 0.0791. The summed E-state index contributed by atoms with van der Waals surface area (Å²) in [6, 6.07) is 10.7. The highest BCUT2D eigenvalue weighted by molar-refractivity contribution is 6.36. The molecule has 0 saturated heterocycles. The molecule has 0 spiro atoms. The summed E-state index contributed by atoms with van der Waals surface area (Å²) in [7, 11) is 0. The molecule has 0 aromatic heterocycles. The lowest BCUT2D eigenvalue weighted by Crippen LogP contribution is -2.10. The molecule has 21 heavy (non-hydrogen) atoms. The van der Waals surface area contributed by atoms with Crippen LogP contribution in [0.2, 0.25) is 10.0 Å². The van der Waals surface area contributed by atoms with Gasteiger partial charge in [-0.3, -0.25) is 0 Å². The van der Waals surface area contributed by atoms with Gasteiger partial charge in [0.1, 0.15) is 5.82 Å². The van der Waals surface area contributed by atoms with E-state index in [1.54, 1.807) is 0 Å². The predicted molar refractivity (Wildman–Crippen MR) is 88.9 cm³/mol. The molecule has 0 fully saturated rings. The molecule has 0 aliphatic rings. The van der Waals surface area contributed by atoms with Crippen molar-refractivity contribution >= 4 is 28.9 Å². The second kappa shape index (κ2) is 7.15. The largest absolute Gasteiger partial charge is 0.378 e. The molecule has 0 saturated carbocycles. The van der Waals surface area contributed by atoms with E-state index in [1.165, 1.54) is 17.7 Å². The van der Waals surface area contributed by atoms with Crippen LogP contribution in [0.3, 0.4) is 0 Å². The lowest BCUT2D eigenvalue weighted by Gasteiger charge is -2.20. The maximum atomic E-state index is 13.6. The molecule has 0 radical (unpaired) electrons. The third kappa shape index (κ3) is 3.69. The summed E-state index contributed by atoms with van der Waals surface area (Å²) in [4.78, 5) is 0. The molecule has 1 atom stereocenters. The number of halogens is 3. The fraction of sp³-hybridized carbons (Fsp3) is 0.294. The quantitative estimate of drug-likeness (QED) is 0.640. The number of rotatable bonds is 5. The van der Waals surface area contributed by atoms with Crippen molar-refractivity contribution in [3.05, 3.63) is 63.4 Å². The van der Waals surface area contributed by atoms with E-state index in [1.807, 2.05) is 25.1 Å². The first-order valence-corrected chi connectivity index (χ1v) is 7.78. The van der Waals surface area contributed by atoms with Gasteiger partial charge < -0.3 is 5.32 Å². The Morgan fingerprint density at radius 3 is 2.57 bits per heavy atom.